The van der Waals surface area contributed by atoms with Crippen LogP contribution in [0.25, 0.3) is 0 Å². The first-order valence-corrected chi connectivity index (χ1v) is 14.7. The van der Waals surface area contributed by atoms with Gasteiger partial charge >= 0.3 is 0 Å². The maximum absolute atomic E-state index is 14.0. The van der Waals surface area contributed by atoms with Crippen LogP contribution < -0.4 is 9.62 Å². The van der Waals surface area contributed by atoms with E-state index in [2.05, 4.69) is 5.32 Å². The van der Waals surface area contributed by atoms with Gasteiger partial charge < -0.3 is 10.2 Å². The van der Waals surface area contributed by atoms with Crippen molar-refractivity contribution >= 4 is 39.1 Å². The number of hydrogen-bond donors (Lipinski definition) is 1. The van der Waals surface area contributed by atoms with Crippen molar-refractivity contribution in [2.75, 3.05) is 10.8 Å². The first kappa shape index (κ1) is 30.2. The lowest BCUT2D eigenvalue weighted by atomic mass is 10.1. The van der Waals surface area contributed by atoms with E-state index in [9.17, 15) is 18.0 Å². The van der Waals surface area contributed by atoms with Crippen LogP contribution >= 0.6 is 11.6 Å². The highest BCUT2D eigenvalue weighted by molar-refractivity contribution is 7.92. The average molecular weight is 570 g/mol. The molecule has 3 rings (SSSR count). The molecule has 0 aliphatic rings. The zero-order valence-corrected chi connectivity index (χ0v) is 24.6. The van der Waals surface area contributed by atoms with Gasteiger partial charge in [0.1, 0.15) is 12.6 Å². The van der Waals surface area contributed by atoms with Crippen LogP contribution in [-0.4, -0.2) is 43.8 Å². The maximum Gasteiger partial charge on any atom is 0.264 e. The van der Waals surface area contributed by atoms with Crippen molar-refractivity contribution in [3.8, 4) is 0 Å². The van der Waals surface area contributed by atoms with Gasteiger partial charge in [-0.05, 0) is 87.2 Å². The smallest absolute Gasteiger partial charge is 0.264 e. The number of benzene rings is 3. The molecule has 0 saturated heterocycles. The number of rotatable bonds is 11. The molecule has 0 radical (unpaired) electrons. The van der Waals surface area contributed by atoms with Gasteiger partial charge in [0.05, 0.1) is 10.6 Å². The predicted octanol–water partition coefficient (Wildman–Crippen LogP) is 5.48. The molecule has 3 aromatic carbocycles. The topological polar surface area (TPSA) is 86.8 Å². The second-order valence-electron chi connectivity index (χ2n) is 9.75. The molecule has 0 unspecified atom stereocenters. The minimum Gasteiger partial charge on any atom is -0.352 e. The third-order valence-corrected chi connectivity index (χ3v) is 8.78. The van der Waals surface area contributed by atoms with Crippen LogP contribution in [0.4, 0.5) is 5.69 Å². The predicted molar refractivity (Wildman–Crippen MR) is 156 cm³/mol. The fraction of sp³-hybridized carbons (Fsp3) is 0.333. The molecule has 39 heavy (non-hydrogen) atoms. The summed E-state index contributed by atoms with van der Waals surface area (Å²) in [5, 5.41) is 3.34. The number of carbonyl (C=O) groups is 2. The Morgan fingerprint density at radius 3 is 2.23 bits per heavy atom. The van der Waals surface area contributed by atoms with Crippen molar-refractivity contribution in [2.24, 2.45) is 0 Å². The largest absolute Gasteiger partial charge is 0.352 e. The number of hydrogen-bond acceptors (Lipinski definition) is 4. The molecule has 0 spiro atoms. The second kappa shape index (κ2) is 13.1. The molecule has 0 bridgehead atoms. The Hall–Kier alpha value is -3.36. The SMILES string of the molecule is CC[C@H](C)NC(=O)[C@@H](C)N(Cc1ccccc1C)C(=O)CN(c1cccc(C)c1)S(=O)(=O)c1ccc(Cl)cc1. The van der Waals surface area contributed by atoms with Crippen LogP contribution in [0.5, 0.6) is 0 Å². The number of aryl methyl sites for hydroxylation is 2. The van der Waals surface area contributed by atoms with E-state index >= 15 is 0 Å². The van der Waals surface area contributed by atoms with E-state index in [-0.39, 0.29) is 23.4 Å². The van der Waals surface area contributed by atoms with Gasteiger partial charge in [0.2, 0.25) is 11.8 Å². The maximum atomic E-state index is 14.0. The molecule has 7 nitrogen and oxygen atoms in total. The Balaban J connectivity index is 2.04. The van der Waals surface area contributed by atoms with E-state index in [1.165, 1.54) is 29.2 Å². The first-order chi connectivity index (χ1) is 18.4. The van der Waals surface area contributed by atoms with Crippen molar-refractivity contribution in [1.82, 2.24) is 10.2 Å². The molecule has 0 aliphatic heterocycles. The van der Waals surface area contributed by atoms with Crippen LogP contribution in [0.2, 0.25) is 5.02 Å². The standard InChI is InChI=1S/C30H36ClN3O4S/c1-6-23(4)32-30(36)24(5)33(19-25-12-8-7-11-22(25)3)29(35)20-34(27-13-9-10-21(2)18-27)39(37,38)28-16-14-26(31)15-17-28/h7-18,23-24H,6,19-20H2,1-5H3,(H,32,36)/t23-,24+/m0/s1. The second-order valence-corrected chi connectivity index (χ2v) is 12.0. The molecule has 9 heteroatoms. The fourth-order valence-electron chi connectivity index (χ4n) is 4.06. The summed E-state index contributed by atoms with van der Waals surface area (Å²) >= 11 is 6.00. The molecule has 2 amide bonds. The van der Waals surface area contributed by atoms with E-state index in [1.807, 2.05) is 58.0 Å². The van der Waals surface area contributed by atoms with E-state index in [4.69, 9.17) is 11.6 Å². The Kier molecular flexibility index (Phi) is 10.2. The number of nitrogens with zero attached hydrogens (tertiary/aromatic N) is 2. The summed E-state index contributed by atoms with van der Waals surface area (Å²) in [5.41, 5.74) is 3.03. The number of halogens is 1. The van der Waals surface area contributed by atoms with Gasteiger partial charge in [-0.15, -0.1) is 0 Å². The van der Waals surface area contributed by atoms with Crippen molar-refractivity contribution in [1.29, 1.82) is 0 Å². The lowest BCUT2D eigenvalue weighted by Gasteiger charge is -2.33. The van der Waals surface area contributed by atoms with Crippen LogP contribution in [0.3, 0.4) is 0 Å². The van der Waals surface area contributed by atoms with Gasteiger partial charge in [0, 0.05) is 17.6 Å². The van der Waals surface area contributed by atoms with Crippen LogP contribution in [0.1, 0.15) is 43.9 Å². The fourth-order valence-corrected chi connectivity index (χ4v) is 5.60. The molecular weight excluding hydrogens is 534 g/mol. The molecule has 0 aliphatic carbocycles. The van der Waals surface area contributed by atoms with Crippen LogP contribution in [-0.2, 0) is 26.2 Å². The summed E-state index contributed by atoms with van der Waals surface area (Å²) in [5.74, 6) is -0.793. The lowest BCUT2D eigenvalue weighted by molar-refractivity contribution is -0.139. The number of anilines is 1. The zero-order valence-electron chi connectivity index (χ0n) is 23.0. The van der Waals surface area contributed by atoms with E-state index in [0.29, 0.717) is 10.7 Å². The Morgan fingerprint density at radius 2 is 1.62 bits per heavy atom. The lowest BCUT2D eigenvalue weighted by Crippen LogP contribution is -2.52. The van der Waals surface area contributed by atoms with Gasteiger partial charge in [-0.1, -0.05) is 54.9 Å². The molecule has 208 valence electrons. The third-order valence-electron chi connectivity index (χ3n) is 6.74. The molecule has 0 aromatic heterocycles. The van der Waals surface area contributed by atoms with Gasteiger partial charge in [0.15, 0.2) is 0 Å². The van der Waals surface area contributed by atoms with Crippen molar-refractivity contribution in [3.05, 3.63) is 94.5 Å². The summed E-state index contributed by atoms with van der Waals surface area (Å²) < 4.78 is 28.8. The minimum atomic E-state index is -4.14. The normalized spacial score (nSPS) is 12.9. The van der Waals surface area contributed by atoms with Crippen LogP contribution in [0.15, 0.2) is 77.7 Å². The Morgan fingerprint density at radius 1 is 0.949 bits per heavy atom. The zero-order chi connectivity index (χ0) is 28.7. The summed E-state index contributed by atoms with van der Waals surface area (Å²) in [6.07, 6.45) is 0.741. The number of carbonyl (C=O) groups excluding carboxylic acids is 2. The van der Waals surface area contributed by atoms with E-state index < -0.39 is 28.5 Å². The summed E-state index contributed by atoms with van der Waals surface area (Å²) in [7, 11) is -4.14. The third kappa shape index (κ3) is 7.61. The number of nitrogens with one attached hydrogen (secondary N) is 1. The molecule has 0 fully saturated rings. The molecule has 2 atom stereocenters. The quantitative estimate of drug-likeness (QED) is 0.331. The first-order valence-electron chi connectivity index (χ1n) is 12.9. The molecule has 0 heterocycles. The highest BCUT2D eigenvalue weighted by Gasteiger charge is 2.33. The molecule has 3 aromatic rings. The number of sulfonamides is 1. The summed E-state index contributed by atoms with van der Waals surface area (Å²) in [6.45, 7) is 8.99. The summed E-state index contributed by atoms with van der Waals surface area (Å²) in [4.78, 5) is 28.6. The van der Waals surface area contributed by atoms with Gasteiger partial charge in [-0.25, -0.2) is 8.42 Å². The van der Waals surface area contributed by atoms with Crippen molar-refractivity contribution in [3.63, 3.8) is 0 Å². The molecular formula is C30H36ClN3O4S. The van der Waals surface area contributed by atoms with Gasteiger partial charge in [-0.3, -0.25) is 13.9 Å². The highest BCUT2D eigenvalue weighted by Crippen LogP contribution is 2.26. The van der Waals surface area contributed by atoms with Crippen molar-refractivity contribution in [2.45, 2.75) is 64.6 Å². The Labute approximate surface area is 236 Å². The van der Waals surface area contributed by atoms with Gasteiger partial charge in [0.25, 0.3) is 10.0 Å². The van der Waals surface area contributed by atoms with E-state index in [1.54, 1.807) is 25.1 Å². The Bertz CT molecular complexity index is 1410. The molecule has 1 N–H and O–H groups in total. The average Bonchev–Trinajstić information content (AvgIpc) is 2.90. The monoisotopic (exact) mass is 569 g/mol. The van der Waals surface area contributed by atoms with Crippen molar-refractivity contribution < 1.29 is 18.0 Å². The highest BCUT2D eigenvalue weighted by atomic mass is 35.5. The van der Waals surface area contributed by atoms with Crippen LogP contribution in [0, 0.1) is 13.8 Å². The van der Waals surface area contributed by atoms with E-state index in [0.717, 1.165) is 27.4 Å². The minimum absolute atomic E-state index is 0.00854. The number of amides is 2. The van der Waals surface area contributed by atoms with Gasteiger partial charge in [-0.2, -0.15) is 0 Å². The molecule has 0 saturated carbocycles. The summed E-state index contributed by atoms with van der Waals surface area (Å²) in [6, 6.07) is 19.5.